The molecular formula is C36H24Br4I2S4. The highest BCUT2D eigenvalue weighted by molar-refractivity contribution is 14.1. The van der Waals surface area contributed by atoms with Crippen LogP contribution in [0.3, 0.4) is 0 Å². The van der Waals surface area contributed by atoms with Crippen molar-refractivity contribution in [3.05, 3.63) is 171 Å². The zero-order valence-corrected chi connectivity index (χ0v) is 37.7. The van der Waals surface area contributed by atoms with Crippen molar-refractivity contribution in [2.45, 2.75) is 29.4 Å². The summed E-state index contributed by atoms with van der Waals surface area (Å²) in [6.45, 7) is 0. The van der Waals surface area contributed by atoms with Crippen LogP contribution in [0.5, 0.6) is 0 Å². The van der Waals surface area contributed by atoms with Crippen LogP contribution in [0.25, 0.3) is 0 Å². The molecule has 0 N–H and O–H groups in total. The Bertz CT molecular complexity index is 1620. The normalized spacial score (nSPS) is 10.3. The summed E-state index contributed by atoms with van der Waals surface area (Å²) < 4.78 is 7.04. The summed E-state index contributed by atoms with van der Waals surface area (Å²) in [5.74, 6) is 0. The molecule has 0 nitrogen and oxygen atoms in total. The number of rotatable bonds is 7. The molecule has 0 radical (unpaired) electrons. The van der Waals surface area contributed by atoms with Gasteiger partial charge in [0.15, 0.2) is 0 Å². The third kappa shape index (κ3) is 15.3. The van der Waals surface area contributed by atoms with E-state index in [1.807, 2.05) is 0 Å². The topological polar surface area (TPSA) is 0 Å². The molecule has 234 valence electrons. The van der Waals surface area contributed by atoms with Gasteiger partial charge in [0.1, 0.15) is 0 Å². The van der Waals surface area contributed by atoms with Crippen molar-refractivity contribution >= 4 is 154 Å². The number of hydrogen-bond acceptors (Lipinski definition) is 4. The van der Waals surface area contributed by atoms with E-state index in [2.05, 4.69) is 254 Å². The minimum atomic E-state index is 1.11. The predicted octanol–water partition coefficient (Wildman–Crippen LogP) is 16.4. The van der Waals surface area contributed by atoms with Crippen molar-refractivity contribution in [1.82, 2.24) is 0 Å². The van der Waals surface area contributed by atoms with Crippen molar-refractivity contribution in [3.63, 3.8) is 0 Å². The Morgan fingerprint density at radius 3 is 0.717 bits per heavy atom. The molecule has 0 saturated heterocycles. The highest BCUT2D eigenvalue weighted by Gasteiger charge is 2.01. The van der Waals surface area contributed by atoms with Gasteiger partial charge in [0, 0.05) is 54.4 Å². The van der Waals surface area contributed by atoms with Gasteiger partial charge in [-0.05, 0) is 191 Å². The van der Waals surface area contributed by atoms with Crippen molar-refractivity contribution < 1.29 is 0 Å². The average molecular weight is 1160 g/mol. The fraction of sp³-hybridized carbons (Fsp3) is 0. The molecule has 0 aliphatic rings. The van der Waals surface area contributed by atoms with Crippen molar-refractivity contribution in [2.24, 2.45) is 0 Å². The fourth-order valence-corrected chi connectivity index (χ4v) is 8.70. The molecule has 10 heteroatoms. The zero-order valence-electron chi connectivity index (χ0n) is 23.8. The van der Waals surface area contributed by atoms with Gasteiger partial charge >= 0.3 is 0 Å². The van der Waals surface area contributed by atoms with Gasteiger partial charge in [0.05, 0.1) is 0 Å². The molecule has 0 aromatic heterocycles. The fourth-order valence-electron chi connectivity index (χ4n) is 3.36. The van der Waals surface area contributed by atoms with Gasteiger partial charge in [-0.2, -0.15) is 0 Å². The first-order valence-electron chi connectivity index (χ1n) is 13.5. The first-order valence-corrected chi connectivity index (χ1v) is 22.6. The summed E-state index contributed by atoms with van der Waals surface area (Å²) in [5, 5.41) is 0. The minimum absolute atomic E-state index is 1.11. The summed E-state index contributed by atoms with van der Waals surface area (Å²) in [6.07, 6.45) is 0. The van der Waals surface area contributed by atoms with Crippen LogP contribution in [0.4, 0.5) is 0 Å². The molecule has 6 rings (SSSR count). The number of hydrogen-bond donors (Lipinski definition) is 0. The van der Waals surface area contributed by atoms with Crippen LogP contribution in [0.2, 0.25) is 0 Å². The van der Waals surface area contributed by atoms with Crippen LogP contribution in [-0.2, 0) is 0 Å². The van der Waals surface area contributed by atoms with E-state index < -0.39 is 0 Å². The predicted molar refractivity (Wildman–Crippen MR) is 235 cm³/mol. The first-order chi connectivity index (χ1) is 22.2. The van der Waals surface area contributed by atoms with Crippen molar-refractivity contribution in [2.75, 3.05) is 0 Å². The largest absolute Gasteiger partial charge is 0.0901 e. The minimum Gasteiger partial charge on any atom is -0.0901 e. The summed E-state index contributed by atoms with van der Waals surface area (Å²) in [4.78, 5) is 7.52. The van der Waals surface area contributed by atoms with Gasteiger partial charge in [0.25, 0.3) is 0 Å². The van der Waals surface area contributed by atoms with Gasteiger partial charge in [-0.3, -0.25) is 0 Å². The third-order valence-electron chi connectivity index (χ3n) is 5.59. The van der Waals surface area contributed by atoms with E-state index in [1.165, 1.54) is 36.5 Å². The Morgan fingerprint density at radius 1 is 0.283 bits per heavy atom. The lowest BCUT2D eigenvalue weighted by molar-refractivity contribution is 1.33. The zero-order chi connectivity index (χ0) is 32.7. The van der Waals surface area contributed by atoms with Gasteiger partial charge < -0.3 is 0 Å². The summed E-state index contributed by atoms with van der Waals surface area (Å²) in [7, 11) is 3.54. The Kier molecular flexibility index (Phi) is 18.0. The van der Waals surface area contributed by atoms with Crippen LogP contribution in [-0.4, -0.2) is 0 Å². The van der Waals surface area contributed by atoms with Gasteiger partial charge in [-0.15, -0.1) is 0 Å². The van der Waals surface area contributed by atoms with E-state index in [4.69, 9.17) is 0 Å². The lowest BCUT2D eigenvalue weighted by atomic mass is 10.4. The van der Waals surface area contributed by atoms with Crippen LogP contribution in [0.1, 0.15) is 0 Å². The molecule has 6 aromatic rings. The second kappa shape index (κ2) is 21.3. The quantitative estimate of drug-likeness (QED) is 0.115. The van der Waals surface area contributed by atoms with Crippen LogP contribution in [0.15, 0.2) is 193 Å². The Balaban J connectivity index is 0.000000174. The van der Waals surface area contributed by atoms with Crippen LogP contribution >= 0.6 is 154 Å². The maximum absolute atomic E-state index is 3.46. The lowest BCUT2D eigenvalue weighted by Crippen LogP contribution is -1.76. The Hall–Kier alpha value is 0.1000. The van der Waals surface area contributed by atoms with E-state index in [-0.39, 0.29) is 0 Å². The Labute approximate surface area is 349 Å². The van der Waals surface area contributed by atoms with Crippen LogP contribution < -0.4 is 0 Å². The van der Waals surface area contributed by atoms with E-state index in [0.717, 1.165) is 17.9 Å². The molecule has 46 heavy (non-hydrogen) atoms. The Morgan fingerprint density at radius 2 is 0.478 bits per heavy atom. The van der Waals surface area contributed by atoms with Gasteiger partial charge in [0.2, 0.25) is 0 Å². The average Bonchev–Trinajstić information content (AvgIpc) is 3.07. The maximum Gasteiger partial charge on any atom is 0.0187 e. The molecule has 6 aromatic carbocycles. The second-order valence-corrected chi connectivity index (χ2v) is 19.8. The SMILES string of the molecule is Brc1ccc(SSc2ccc(Br)cc2)cc1.Brc1ccc(Sc2ccc(Sc3ccc(Br)cc3)cc2)cc1.Ic1ccc(I)cc1. The molecule has 0 bridgehead atoms. The molecule has 0 amide bonds. The van der Waals surface area contributed by atoms with E-state index in [1.54, 1.807) is 45.1 Å². The summed E-state index contributed by atoms with van der Waals surface area (Å²) >= 11 is 21.9. The molecule has 0 aliphatic carbocycles. The summed E-state index contributed by atoms with van der Waals surface area (Å²) in [6, 6.07) is 50.6. The maximum atomic E-state index is 3.46. The van der Waals surface area contributed by atoms with E-state index in [0.29, 0.717) is 0 Å². The molecule has 0 atom stereocenters. The summed E-state index contributed by atoms with van der Waals surface area (Å²) in [5.41, 5.74) is 0. The smallest absolute Gasteiger partial charge is 0.0187 e. The number of benzene rings is 6. The molecular weight excluding hydrogens is 1130 g/mol. The molecule has 0 fully saturated rings. The van der Waals surface area contributed by atoms with E-state index in [9.17, 15) is 0 Å². The van der Waals surface area contributed by atoms with Gasteiger partial charge in [-0.1, -0.05) is 109 Å². The molecule has 0 saturated carbocycles. The van der Waals surface area contributed by atoms with E-state index >= 15 is 0 Å². The lowest BCUT2D eigenvalue weighted by Gasteiger charge is -2.05. The monoisotopic (exact) mass is 1150 g/mol. The molecule has 0 spiro atoms. The standard InChI is InChI=1S/C18H12Br2S2.C12H8Br2S2.C6H4I2/c19-13-1-5-15(6-2-13)21-17-9-11-18(12-10-17)22-16-7-3-14(20)4-8-16;13-9-1-5-11(6-2-9)15-16-12-7-3-10(14)4-8-12;7-5-1-2-6(8)4-3-5/h1-12H;1-8H;1-4H. The first kappa shape index (κ1) is 38.9. The highest BCUT2D eigenvalue weighted by Crippen LogP contribution is 2.38. The highest BCUT2D eigenvalue weighted by atomic mass is 127. The van der Waals surface area contributed by atoms with Crippen LogP contribution in [0, 0.1) is 7.14 Å². The van der Waals surface area contributed by atoms with Crippen molar-refractivity contribution in [3.8, 4) is 0 Å². The third-order valence-corrected chi connectivity index (χ3v) is 13.6. The van der Waals surface area contributed by atoms with Crippen molar-refractivity contribution in [1.29, 1.82) is 0 Å². The second-order valence-electron chi connectivity index (χ2n) is 9.09. The van der Waals surface area contributed by atoms with Gasteiger partial charge in [-0.25, -0.2) is 0 Å². The molecule has 0 aliphatic heterocycles. The number of halogens is 6. The molecule has 0 unspecified atom stereocenters. The molecule has 0 heterocycles.